The van der Waals surface area contributed by atoms with Crippen LogP contribution in [0.25, 0.3) is 0 Å². The van der Waals surface area contributed by atoms with Gasteiger partial charge in [-0.3, -0.25) is 4.79 Å². The Bertz CT molecular complexity index is 692. The molecule has 0 fully saturated rings. The predicted octanol–water partition coefficient (Wildman–Crippen LogP) is 4.11. The number of anilines is 2. The Labute approximate surface area is 123 Å². The number of nitrogens with two attached hydrogens (primary N) is 1. The molecule has 2 aromatic carbocycles. The first-order valence-corrected chi connectivity index (χ1v) is 6.15. The Hall–Kier alpha value is -1.85. The average Bonchev–Trinajstić information content (AvgIpc) is 2.39. The summed E-state index contributed by atoms with van der Waals surface area (Å²) in [5.74, 6) is -3.01. The van der Waals surface area contributed by atoms with E-state index in [1.54, 1.807) is 12.1 Å². The van der Waals surface area contributed by atoms with Crippen molar-refractivity contribution in [2.45, 2.75) is 0 Å². The predicted molar refractivity (Wildman–Crippen MR) is 75.2 cm³/mol. The summed E-state index contributed by atoms with van der Waals surface area (Å²) in [5, 5.41) is 2.83. The third-order valence-electron chi connectivity index (χ3n) is 2.54. The molecule has 0 spiro atoms. The van der Waals surface area contributed by atoms with Gasteiger partial charge in [-0.15, -0.1) is 0 Å². The van der Waals surface area contributed by atoms with Crippen LogP contribution in [0, 0.1) is 11.6 Å². The highest BCUT2D eigenvalue weighted by molar-refractivity contribution is 6.44. The fourth-order valence-corrected chi connectivity index (χ4v) is 1.90. The molecule has 20 heavy (non-hydrogen) atoms. The summed E-state index contributed by atoms with van der Waals surface area (Å²) in [7, 11) is 0. The monoisotopic (exact) mass is 316 g/mol. The largest absolute Gasteiger partial charge is 0.398 e. The Morgan fingerprint density at radius 2 is 1.80 bits per heavy atom. The van der Waals surface area contributed by atoms with Crippen molar-refractivity contribution in [2.75, 3.05) is 11.1 Å². The van der Waals surface area contributed by atoms with Gasteiger partial charge in [-0.05, 0) is 18.2 Å². The highest BCUT2D eigenvalue weighted by Gasteiger charge is 2.16. The number of halogens is 4. The normalized spacial score (nSPS) is 10.4. The van der Waals surface area contributed by atoms with Gasteiger partial charge in [-0.25, -0.2) is 8.78 Å². The maximum Gasteiger partial charge on any atom is 0.257 e. The molecule has 7 heteroatoms. The van der Waals surface area contributed by atoms with Crippen LogP contribution in [0.5, 0.6) is 0 Å². The van der Waals surface area contributed by atoms with E-state index in [9.17, 15) is 13.6 Å². The molecule has 0 bridgehead atoms. The standard InChI is InChI=1S/C13H8Cl2F2N2O/c14-7-2-1-3-11(12(7)15)19-13(20)6-4-8(16)9(17)5-10(6)18/h1-5H,18H2,(H,19,20). The second kappa shape index (κ2) is 5.64. The number of carbonyl (C=O) groups excluding carboxylic acids is 1. The summed E-state index contributed by atoms with van der Waals surface area (Å²) in [5.41, 5.74) is 5.35. The highest BCUT2D eigenvalue weighted by atomic mass is 35.5. The van der Waals surface area contributed by atoms with Crippen LogP contribution in [0.1, 0.15) is 10.4 Å². The number of hydrogen-bond acceptors (Lipinski definition) is 2. The third-order valence-corrected chi connectivity index (χ3v) is 3.36. The molecule has 0 aliphatic rings. The van der Waals surface area contributed by atoms with E-state index >= 15 is 0 Å². The lowest BCUT2D eigenvalue weighted by Crippen LogP contribution is -2.15. The molecule has 0 saturated heterocycles. The second-order valence-electron chi connectivity index (χ2n) is 3.91. The van der Waals surface area contributed by atoms with Crippen LogP contribution in [0.15, 0.2) is 30.3 Å². The van der Waals surface area contributed by atoms with Crippen LogP contribution in [-0.4, -0.2) is 5.91 Å². The summed E-state index contributed by atoms with van der Waals surface area (Å²) < 4.78 is 26.1. The number of hydrogen-bond donors (Lipinski definition) is 2. The first-order valence-electron chi connectivity index (χ1n) is 5.40. The molecule has 0 heterocycles. The Balaban J connectivity index is 2.33. The van der Waals surface area contributed by atoms with E-state index in [0.717, 1.165) is 12.1 Å². The minimum Gasteiger partial charge on any atom is -0.398 e. The molecular weight excluding hydrogens is 309 g/mol. The SMILES string of the molecule is Nc1cc(F)c(F)cc1C(=O)Nc1cccc(Cl)c1Cl. The fourth-order valence-electron chi connectivity index (χ4n) is 1.55. The molecule has 0 saturated carbocycles. The summed E-state index contributed by atoms with van der Waals surface area (Å²) >= 11 is 11.7. The molecule has 0 atom stereocenters. The minimum atomic E-state index is -1.17. The maximum absolute atomic E-state index is 13.1. The van der Waals surface area contributed by atoms with E-state index in [1.165, 1.54) is 6.07 Å². The van der Waals surface area contributed by atoms with Crippen LogP contribution >= 0.6 is 23.2 Å². The first-order chi connectivity index (χ1) is 9.40. The van der Waals surface area contributed by atoms with Crippen molar-refractivity contribution in [3.05, 3.63) is 57.6 Å². The smallest absolute Gasteiger partial charge is 0.257 e. The average molecular weight is 317 g/mol. The minimum absolute atomic E-state index is 0.142. The molecule has 3 nitrogen and oxygen atoms in total. The molecule has 0 radical (unpaired) electrons. The molecular formula is C13H8Cl2F2N2O. The van der Waals surface area contributed by atoms with Crippen LogP contribution < -0.4 is 11.1 Å². The number of nitrogens with one attached hydrogen (secondary N) is 1. The molecule has 2 rings (SSSR count). The van der Waals surface area contributed by atoms with E-state index < -0.39 is 17.5 Å². The van der Waals surface area contributed by atoms with E-state index in [4.69, 9.17) is 28.9 Å². The Kier molecular flexibility index (Phi) is 4.11. The van der Waals surface area contributed by atoms with Crippen LogP contribution in [0.3, 0.4) is 0 Å². The van der Waals surface area contributed by atoms with Crippen molar-refractivity contribution in [2.24, 2.45) is 0 Å². The van der Waals surface area contributed by atoms with Crippen molar-refractivity contribution in [1.82, 2.24) is 0 Å². The van der Waals surface area contributed by atoms with Gasteiger partial charge in [-0.2, -0.15) is 0 Å². The number of carbonyl (C=O) groups is 1. The summed E-state index contributed by atoms with van der Waals surface area (Å²) in [4.78, 5) is 12.0. The lowest BCUT2D eigenvalue weighted by Gasteiger charge is -2.10. The van der Waals surface area contributed by atoms with Gasteiger partial charge in [0.25, 0.3) is 5.91 Å². The van der Waals surface area contributed by atoms with Gasteiger partial charge in [0, 0.05) is 11.8 Å². The fraction of sp³-hybridized carbons (Fsp3) is 0. The van der Waals surface area contributed by atoms with E-state index in [-0.39, 0.29) is 27.0 Å². The molecule has 3 N–H and O–H groups in total. The van der Waals surface area contributed by atoms with Crippen molar-refractivity contribution < 1.29 is 13.6 Å². The van der Waals surface area contributed by atoms with Gasteiger partial charge < -0.3 is 11.1 Å². The second-order valence-corrected chi connectivity index (χ2v) is 4.69. The van der Waals surface area contributed by atoms with Crippen molar-refractivity contribution >= 4 is 40.5 Å². The molecule has 0 aromatic heterocycles. The van der Waals surface area contributed by atoms with Gasteiger partial charge in [0.05, 0.1) is 21.3 Å². The molecule has 104 valence electrons. The number of rotatable bonds is 2. The van der Waals surface area contributed by atoms with Crippen LogP contribution in [-0.2, 0) is 0 Å². The zero-order valence-electron chi connectivity index (χ0n) is 9.88. The lowest BCUT2D eigenvalue weighted by atomic mass is 10.1. The molecule has 2 aromatic rings. The quantitative estimate of drug-likeness (QED) is 0.819. The van der Waals surface area contributed by atoms with Crippen molar-refractivity contribution in [3.63, 3.8) is 0 Å². The zero-order chi connectivity index (χ0) is 14.9. The maximum atomic E-state index is 13.1. The summed E-state index contributed by atoms with van der Waals surface area (Å²) in [6.45, 7) is 0. The van der Waals surface area contributed by atoms with Crippen LogP contribution in [0.2, 0.25) is 10.0 Å². The number of nitrogen functional groups attached to an aromatic ring is 1. The van der Waals surface area contributed by atoms with Gasteiger partial charge in [0.15, 0.2) is 11.6 Å². The zero-order valence-corrected chi connectivity index (χ0v) is 11.4. The van der Waals surface area contributed by atoms with Gasteiger partial charge in [0.2, 0.25) is 0 Å². The number of amides is 1. The van der Waals surface area contributed by atoms with E-state index in [2.05, 4.69) is 5.32 Å². The Morgan fingerprint density at radius 1 is 1.15 bits per heavy atom. The first kappa shape index (κ1) is 14.6. The molecule has 0 unspecified atom stereocenters. The number of benzene rings is 2. The molecule has 0 aliphatic heterocycles. The molecule has 0 aliphatic carbocycles. The third kappa shape index (κ3) is 2.84. The van der Waals surface area contributed by atoms with Gasteiger partial charge in [0.1, 0.15) is 0 Å². The summed E-state index contributed by atoms with van der Waals surface area (Å²) in [6, 6.07) is 6.11. The van der Waals surface area contributed by atoms with E-state index in [0.29, 0.717) is 0 Å². The van der Waals surface area contributed by atoms with Crippen molar-refractivity contribution in [3.8, 4) is 0 Å². The Morgan fingerprint density at radius 3 is 2.50 bits per heavy atom. The lowest BCUT2D eigenvalue weighted by molar-refractivity contribution is 0.102. The van der Waals surface area contributed by atoms with Crippen LogP contribution in [0.4, 0.5) is 20.2 Å². The van der Waals surface area contributed by atoms with Gasteiger partial charge in [-0.1, -0.05) is 29.3 Å². The summed E-state index contributed by atoms with van der Waals surface area (Å²) in [6.07, 6.45) is 0. The topological polar surface area (TPSA) is 55.1 Å². The van der Waals surface area contributed by atoms with Gasteiger partial charge >= 0.3 is 0 Å². The van der Waals surface area contributed by atoms with E-state index in [1.807, 2.05) is 0 Å². The highest BCUT2D eigenvalue weighted by Crippen LogP contribution is 2.30. The molecule has 1 amide bonds. The van der Waals surface area contributed by atoms with Crippen molar-refractivity contribution in [1.29, 1.82) is 0 Å².